The van der Waals surface area contributed by atoms with Gasteiger partial charge in [-0.3, -0.25) is 13.9 Å². The lowest BCUT2D eigenvalue weighted by Gasteiger charge is -2.32. The summed E-state index contributed by atoms with van der Waals surface area (Å²) in [5.41, 5.74) is 0.805. The molecule has 0 unspecified atom stereocenters. The molecule has 3 aromatic rings. The molecule has 9 nitrogen and oxygen atoms in total. The van der Waals surface area contributed by atoms with E-state index in [2.05, 4.69) is 5.32 Å². The zero-order valence-corrected chi connectivity index (χ0v) is 23.9. The lowest BCUT2D eigenvalue weighted by Crippen LogP contribution is -2.52. The summed E-state index contributed by atoms with van der Waals surface area (Å²) in [6, 6.07) is 16.4. The van der Waals surface area contributed by atoms with Crippen molar-refractivity contribution in [2.24, 2.45) is 0 Å². The van der Waals surface area contributed by atoms with E-state index in [-0.39, 0.29) is 29.1 Å². The monoisotopic (exact) mass is 571 g/mol. The lowest BCUT2D eigenvalue weighted by atomic mass is 10.1. The minimum absolute atomic E-state index is 0.0371. The van der Waals surface area contributed by atoms with Crippen LogP contribution in [0.25, 0.3) is 0 Å². The normalized spacial score (nSPS) is 12.0. The third-order valence-corrected chi connectivity index (χ3v) is 7.94. The van der Waals surface area contributed by atoms with Crippen molar-refractivity contribution >= 4 is 27.5 Å². The van der Waals surface area contributed by atoms with Gasteiger partial charge in [0.2, 0.25) is 11.8 Å². The molecule has 0 saturated carbocycles. The number of anilines is 1. The first-order valence-electron chi connectivity index (χ1n) is 12.6. The molecule has 0 spiro atoms. The summed E-state index contributed by atoms with van der Waals surface area (Å²) in [7, 11) is -1.28. The van der Waals surface area contributed by atoms with Gasteiger partial charge in [0.05, 0.1) is 24.8 Å². The quantitative estimate of drug-likeness (QED) is 0.353. The number of carbonyl (C=O) groups is 2. The second-order valence-corrected chi connectivity index (χ2v) is 11.2. The molecule has 0 heterocycles. The molecule has 214 valence electrons. The molecular weight excluding hydrogens is 537 g/mol. The van der Waals surface area contributed by atoms with Crippen molar-refractivity contribution in [3.05, 3.63) is 84.2 Å². The molecule has 0 radical (unpaired) electrons. The minimum Gasteiger partial charge on any atom is -0.497 e. The van der Waals surface area contributed by atoms with Crippen LogP contribution < -0.4 is 19.1 Å². The maximum atomic E-state index is 13.9. The number of ether oxygens (including phenoxy) is 2. The second kappa shape index (κ2) is 13.3. The van der Waals surface area contributed by atoms with Gasteiger partial charge >= 0.3 is 0 Å². The fourth-order valence-corrected chi connectivity index (χ4v) is 5.34. The van der Waals surface area contributed by atoms with Gasteiger partial charge in [-0.15, -0.1) is 0 Å². The van der Waals surface area contributed by atoms with Gasteiger partial charge < -0.3 is 19.7 Å². The zero-order valence-electron chi connectivity index (χ0n) is 23.1. The predicted molar refractivity (Wildman–Crippen MR) is 150 cm³/mol. The molecule has 0 aromatic heterocycles. The summed E-state index contributed by atoms with van der Waals surface area (Å²) in [4.78, 5) is 28.0. The summed E-state index contributed by atoms with van der Waals surface area (Å²) in [6.45, 7) is 4.60. The molecule has 0 saturated heterocycles. The molecule has 3 rings (SSSR count). The molecule has 11 heteroatoms. The summed E-state index contributed by atoms with van der Waals surface area (Å²) in [5, 5.41) is 2.80. The molecule has 0 aliphatic carbocycles. The van der Waals surface area contributed by atoms with Crippen LogP contribution in [0.3, 0.4) is 0 Å². The van der Waals surface area contributed by atoms with E-state index in [1.54, 1.807) is 45.0 Å². The van der Waals surface area contributed by atoms with E-state index in [1.807, 2.05) is 0 Å². The summed E-state index contributed by atoms with van der Waals surface area (Å²) >= 11 is 0. The lowest BCUT2D eigenvalue weighted by molar-refractivity contribution is -0.139. The second-order valence-electron chi connectivity index (χ2n) is 9.37. The Balaban J connectivity index is 2.01. The SMILES string of the molecule is COc1ccc(CN(C(=O)CN(c2ccc(F)cc2)S(=O)(=O)c2ccc(OC)cc2)[C@@H](C)C(=O)NC(C)C)cc1. The van der Waals surface area contributed by atoms with E-state index in [0.29, 0.717) is 17.1 Å². The number of hydrogen-bond donors (Lipinski definition) is 1. The van der Waals surface area contributed by atoms with Crippen LogP contribution in [0.2, 0.25) is 0 Å². The van der Waals surface area contributed by atoms with E-state index in [0.717, 1.165) is 16.4 Å². The van der Waals surface area contributed by atoms with Crippen LogP contribution in [0, 0.1) is 5.82 Å². The molecule has 0 bridgehead atoms. The van der Waals surface area contributed by atoms with Crippen molar-refractivity contribution in [3.8, 4) is 11.5 Å². The summed E-state index contributed by atoms with van der Waals surface area (Å²) in [5.74, 6) is -0.483. The Kier molecular flexibility index (Phi) is 10.1. The van der Waals surface area contributed by atoms with Crippen molar-refractivity contribution < 1.29 is 31.9 Å². The highest BCUT2D eigenvalue weighted by molar-refractivity contribution is 7.92. The molecule has 2 amide bonds. The van der Waals surface area contributed by atoms with E-state index in [9.17, 15) is 22.4 Å². The zero-order chi connectivity index (χ0) is 29.4. The first-order valence-corrected chi connectivity index (χ1v) is 14.1. The third kappa shape index (κ3) is 7.50. The standard InChI is InChI=1S/C29H34FN3O6S/c1-20(2)31-29(35)21(3)32(18-22-6-12-25(38-4)13-7-22)28(34)19-33(24-10-8-23(30)9-11-24)40(36,37)27-16-14-26(39-5)15-17-27/h6-17,20-21H,18-19H2,1-5H3,(H,31,35)/t21-/m0/s1. The average Bonchev–Trinajstić information content (AvgIpc) is 2.94. The molecular formula is C29H34FN3O6S. The Hall–Kier alpha value is -4.12. The van der Waals surface area contributed by atoms with E-state index in [1.165, 1.54) is 55.5 Å². The highest BCUT2D eigenvalue weighted by Crippen LogP contribution is 2.26. The van der Waals surface area contributed by atoms with Crippen LogP contribution in [0.15, 0.2) is 77.7 Å². The Morgan fingerprint density at radius 3 is 1.88 bits per heavy atom. The number of amides is 2. The number of hydrogen-bond acceptors (Lipinski definition) is 6. The van der Waals surface area contributed by atoms with Gasteiger partial charge in [-0.1, -0.05) is 12.1 Å². The van der Waals surface area contributed by atoms with Crippen molar-refractivity contribution in [2.75, 3.05) is 25.1 Å². The van der Waals surface area contributed by atoms with Crippen LogP contribution >= 0.6 is 0 Å². The minimum atomic E-state index is -4.28. The molecule has 3 aromatic carbocycles. The van der Waals surface area contributed by atoms with Gasteiger partial charge in [-0.25, -0.2) is 12.8 Å². The van der Waals surface area contributed by atoms with Gasteiger partial charge in [0, 0.05) is 12.6 Å². The van der Waals surface area contributed by atoms with E-state index < -0.39 is 34.3 Å². The molecule has 0 fully saturated rings. The maximum absolute atomic E-state index is 13.9. The maximum Gasteiger partial charge on any atom is 0.264 e. The van der Waals surface area contributed by atoms with Crippen molar-refractivity contribution in [1.82, 2.24) is 10.2 Å². The smallest absolute Gasteiger partial charge is 0.264 e. The molecule has 40 heavy (non-hydrogen) atoms. The van der Waals surface area contributed by atoms with E-state index >= 15 is 0 Å². The van der Waals surface area contributed by atoms with Crippen LogP contribution in [0.1, 0.15) is 26.3 Å². The molecule has 0 aliphatic rings. The van der Waals surface area contributed by atoms with Crippen LogP contribution in [0.4, 0.5) is 10.1 Å². The number of methoxy groups -OCH3 is 2. The number of halogens is 1. The van der Waals surface area contributed by atoms with Crippen molar-refractivity contribution in [2.45, 2.75) is 44.3 Å². The molecule has 1 N–H and O–H groups in total. The fourth-order valence-electron chi connectivity index (χ4n) is 3.93. The Morgan fingerprint density at radius 2 is 1.38 bits per heavy atom. The van der Waals surface area contributed by atoms with E-state index in [4.69, 9.17) is 9.47 Å². The highest BCUT2D eigenvalue weighted by Gasteiger charge is 2.32. The van der Waals surface area contributed by atoms with Gasteiger partial charge in [0.25, 0.3) is 10.0 Å². The molecule has 1 atom stereocenters. The predicted octanol–water partition coefficient (Wildman–Crippen LogP) is 3.98. The van der Waals surface area contributed by atoms with Crippen LogP contribution in [-0.2, 0) is 26.2 Å². The Labute approximate surface area is 234 Å². The van der Waals surface area contributed by atoms with Crippen molar-refractivity contribution in [1.29, 1.82) is 0 Å². The van der Waals surface area contributed by atoms with Crippen molar-refractivity contribution in [3.63, 3.8) is 0 Å². The number of nitrogens with zero attached hydrogens (tertiary/aromatic N) is 2. The summed E-state index contributed by atoms with van der Waals surface area (Å²) < 4.78 is 52.5. The number of nitrogens with one attached hydrogen (secondary N) is 1. The number of benzene rings is 3. The fraction of sp³-hybridized carbons (Fsp3) is 0.310. The first-order chi connectivity index (χ1) is 19.0. The third-order valence-electron chi connectivity index (χ3n) is 6.15. The highest BCUT2D eigenvalue weighted by atomic mass is 32.2. The average molecular weight is 572 g/mol. The topological polar surface area (TPSA) is 105 Å². The van der Waals surface area contributed by atoms with Gasteiger partial charge in [-0.2, -0.15) is 0 Å². The number of carbonyl (C=O) groups excluding carboxylic acids is 2. The largest absolute Gasteiger partial charge is 0.497 e. The van der Waals surface area contributed by atoms with Crippen LogP contribution in [-0.4, -0.2) is 58.0 Å². The van der Waals surface area contributed by atoms with Gasteiger partial charge in [0.1, 0.15) is 29.9 Å². The van der Waals surface area contributed by atoms with Gasteiger partial charge in [0.15, 0.2) is 0 Å². The Morgan fingerprint density at radius 1 is 0.850 bits per heavy atom. The summed E-state index contributed by atoms with van der Waals surface area (Å²) in [6.07, 6.45) is 0. The van der Waals surface area contributed by atoms with Crippen LogP contribution in [0.5, 0.6) is 11.5 Å². The Bertz CT molecular complexity index is 1400. The number of rotatable bonds is 12. The van der Waals surface area contributed by atoms with Gasteiger partial charge in [-0.05, 0) is 87.0 Å². The molecule has 0 aliphatic heterocycles. The first kappa shape index (κ1) is 30.4. The number of sulfonamides is 1.